The molecule has 18 heavy (non-hydrogen) atoms. The molecule has 0 fully saturated rings. The molecule has 2 heterocycles. The van der Waals surface area contributed by atoms with Crippen molar-refractivity contribution in [2.45, 2.75) is 27.2 Å². The van der Waals surface area contributed by atoms with Gasteiger partial charge in [0.05, 0.1) is 0 Å². The van der Waals surface area contributed by atoms with E-state index in [2.05, 4.69) is 36.4 Å². The molecule has 0 unspecified atom stereocenters. The lowest BCUT2D eigenvalue weighted by atomic mass is 10.1. The zero-order valence-corrected chi connectivity index (χ0v) is 11.9. The standard InChI is InChI=1S/C14H19N3S/c1-10(2)6-8-16-17-13-12(5-4-7-15-13)9-11(3)14(17)18/h4-5,7,9-10,16H,6,8H2,1-3H3. The van der Waals surface area contributed by atoms with E-state index in [1.165, 1.54) is 0 Å². The summed E-state index contributed by atoms with van der Waals surface area (Å²) in [5.41, 5.74) is 5.38. The third-order valence-electron chi connectivity index (χ3n) is 2.93. The molecule has 0 atom stereocenters. The van der Waals surface area contributed by atoms with Gasteiger partial charge in [-0.2, -0.15) is 0 Å². The summed E-state index contributed by atoms with van der Waals surface area (Å²) in [5.74, 6) is 0.677. The fraction of sp³-hybridized carbons (Fsp3) is 0.429. The van der Waals surface area contributed by atoms with Gasteiger partial charge in [-0.05, 0) is 43.0 Å². The van der Waals surface area contributed by atoms with Gasteiger partial charge in [0.2, 0.25) is 0 Å². The lowest BCUT2D eigenvalue weighted by molar-refractivity contribution is 0.589. The van der Waals surface area contributed by atoms with Crippen molar-refractivity contribution in [3.05, 3.63) is 34.6 Å². The van der Waals surface area contributed by atoms with Gasteiger partial charge >= 0.3 is 0 Å². The predicted octanol–water partition coefficient (Wildman–Crippen LogP) is 3.66. The van der Waals surface area contributed by atoms with Crippen LogP contribution >= 0.6 is 12.2 Å². The van der Waals surface area contributed by atoms with Crippen molar-refractivity contribution in [2.75, 3.05) is 12.0 Å². The first kappa shape index (κ1) is 13.0. The fourth-order valence-electron chi connectivity index (χ4n) is 1.89. The number of hydrogen-bond acceptors (Lipinski definition) is 3. The van der Waals surface area contributed by atoms with Crippen LogP contribution in [0.5, 0.6) is 0 Å². The molecule has 0 amide bonds. The SMILES string of the molecule is Cc1cc2cccnc2n(NCCC(C)C)c1=S. The summed E-state index contributed by atoms with van der Waals surface area (Å²) >= 11 is 5.46. The van der Waals surface area contributed by atoms with E-state index < -0.39 is 0 Å². The third kappa shape index (κ3) is 2.70. The fourth-order valence-corrected chi connectivity index (χ4v) is 2.10. The molecule has 0 bridgehead atoms. The van der Waals surface area contributed by atoms with Crippen molar-refractivity contribution < 1.29 is 0 Å². The number of aromatic nitrogens is 2. The van der Waals surface area contributed by atoms with Crippen molar-refractivity contribution in [1.29, 1.82) is 0 Å². The highest BCUT2D eigenvalue weighted by molar-refractivity contribution is 7.71. The van der Waals surface area contributed by atoms with Crippen LogP contribution in [0.15, 0.2) is 24.4 Å². The van der Waals surface area contributed by atoms with E-state index in [9.17, 15) is 0 Å². The van der Waals surface area contributed by atoms with Crippen molar-refractivity contribution in [3.63, 3.8) is 0 Å². The highest BCUT2D eigenvalue weighted by atomic mass is 32.1. The molecule has 2 aromatic heterocycles. The summed E-state index contributed by atoms with van der Waals surface area (Å²) in [6.07, 6.45) is 2.91. The number of hydrogen-bond donors (Lipinski definition) is 1. The number of pyridine rings is 2. The van der Waals surface area contributed by atoms with E-state index in [-0.39, 0.29) is 0 Å². The van der Waals surface area contributed by atoms with Crippen LogP contribution in [0.4, 0.5) is 0 Å². The Morgan fingerprint density at radius 1 is 1.44 bits per heavy atom. The Kier molecular flexibility index (Phi) is 3.97. The Bertz CT molecular complexity index is 602. The van der Waals surface area contributed by atoms with Crippen LogP contribution in [0.25, 0.3) is 11.0 Å². The van der Waals surface area contributed by atoms with E-state index in [4.69, 9.17) is 12.2 Å². The maximum Gasteiger partial charge on any atom is 0.159 e. The van der Waals surface area contributed by atoms with E-state index in [1.54, 1.807) is 6.20 Å². The molecule has 0 aliphatic heterocycles. The average molecular weight is 261 g/mol. The molecule has 0 saturated carbocycles. The van der Waals surface area contributed by atoms with Gasteiger partial charge in [0.15, 0.2) is 5.65 Å². The first-order chi connectivity index (χ1) is 8.59. The summed E-state index contributed by atoms with van der Waals surface area (Å²) in [5, 5.41) is 1.11. The van der Waals surface area contributed by atoms with E-state index in [0.29, 0.717) is 5.92 Å². The second kappa shape index (κ2) is 5.48. The van der Waals surface area contributed by atoms with E-state index in [1.807, 2.05) is 17.7 Å². The molecular formula is C14H19N3S. The molecule has 1 N–H and O–H groups in total. The minimum Gasteiger partial charge on any atom is -0.323 e. The quantitative estimate of drug-likeness (QED) is 0.852. The molecule has 4 heteroatoms. The van der Waals surface area contributed by atoms with Gasteiger partial charge < -0.3 is 5.43 Å². The number of nitrogens with zero attached hydrogens (tertiary/aromatic N) is 2. The minimum atomic E-state index is 0.677. The maximum atomic E-state index is 5.46. The van der Waals surface area contributed by atoms with Gasteiger partial charge in [-0.15, -0.1) is 0 Å². The monoisotopic (exact) mass is 261 g/mol. The second-order valence-electron chi connectivity index (χ2n) is 4.97. The molecule has 2 aromatic rings. The third-order valence-corrected chi connectivity index (χ3v) is 3.44. The highest BCUT2D eigenvalue weighted by Gasteiger charge is 2.04. The van der Waals surface area contributed by atoms with Crippen molar-refractivity contribution >= 4 is 23.3 Å². The van der Waals surface area contributed by atoms with Crippen LogP contribution in [0.1, 0.15) is 25.8 Å². The molecule has 0 saturated heterocycles. The largest absolute Gasteiger partial charge is 0.323 e. The van der Waals surface area contributed by atoms with Crippen molar-refractivity contribution in [2.24, 2.45) is 5.92 Å². The van der Waals surface area contributed by atoms with Crippen LogP contribution < -0.4 is 5.43 Å². The van der Waals surface area contributed by atoms with Gasteiger partial charge in [0.1, 0.15) is 4.64 Å². The van der Waals surface area contributed by atoms with Gasteiger partial charge in [-0.3, -0.25) is 0 Å². The lowest BCUT2D eigenvalue weighted by Crippen LogP contribution is -2.20. The number of rotatable bonds is 4. The normalized spacial score (nSPS) is 11.1. The van der Waals surface area contributed by atoms with Crippen molar-refractivity contribution in [1.82, 2.24) is 9.66 Å². The van der Waals surface area contributed by atoms with Crippen LogP contribution in [-0.2, 0) is 0 Å². The molecule has 0 aliphatic carbocycles. The topological polar surface area (TPSA) is 29.9 Å². The Balaban J connectivity index is 2.41. The van der Waals surface area contributed by atoms with Gasteiger partial charge in [0, 0.05) is 18.1 Å². The van der Waals surface area contributed by atoms with E-state index in [0.717, 1.165) is 34.2 Å². The zero-order valence-electron chi connectivity index (χ0n) is 11.1. The molecular weight excluding hydrogens is 242 g/mol. The minimum absolute atomic E-state index is 0.677. The lowest BCUT2D eigenvalue weighted by Gasteiger charge is -2.15. The Morgan fingerprint density at radius 3 is 2.94 bits per heavy atom. The number of fused-ring (bicyclic) bond motifs is 1. The molecule has 0 spiro atoms. The van der Waals surface area contributed by atoms with E-state index >= 15 is 0 Å². The Hall–Kier alpha value is -1.42. The smallest absolute Gasteiger partial charge is 0.159 e. The van der Waals surface area contributed by atoms with Crippen molar-refractivity contribution in [3.8, 4) is 0 Å². The summed E-state index contributed by atoms with van der Waals surface area (Å²) < 4.78 is 2.74. The number of aryl methyl sites for hydroxylation is 1. The molecule has 0 radical (unpaired) electrons. The molecule has 0 aromatic carbocycles. The van der Waals surface area contributed by atoms with Gasteiger partial charge in [0.25, 0.3) is 0 Å². The maximum absolute atomic E-state index is 5.46. The Labute approximate surface area is 113 Å². The van der Waals surface area contributed by atoms with Crippen LogP contribution in [0.2, 0.25) is 0 Å². The molecule has 2 rings (SSSR count). The summed E-state index contributed by atoms with van der Waals surface area (Å²) in [6, 6.07) is 6.10. The molecule has 0 aliphatic rings. The Morgan fingerprint density at radius 2 is 2.22 bits per heavy atom. The second-order valence-corrected chi connectivity index (χ2v) is 5.36. The summed E-state index contributed by atoms with van der Waals surface area (Å²) in [6.45, 7) is 7.37. The highest BCUT2D eigenvalue weighted by Crippen LogP contribution is 2.14. The summed E-state index contributed by atoms with van der Waals surface area (Å²) in [4.78, 5) is 4.41. The average Bonchev–Trinajstić information content (AvgIpc) is 2.33. The number of nitrogens with one attached hydrogen (secondary N) is 1. The molecule has 96 valence electrons. The predicted molar refractivity (Wildman–Crippen MR) is 79.0 cm³/mol. The van der Waals surface area contributed by atoms with Gasteiger partial charge in [-0.25, -0.2) is 9.66 Å². The van der Waals surface area contributed by atoms with Gasteiger partial charge in [-0.1, -0.05) is 26.1 Å². The summed E-state index contributed by atoms with van der Waals surface area (Å²) in [7, 11) is 0. The van der Waals surface area contributed by atoms with Crippen LogP contribution in [0, 0.1) is 17.5 Å². The van der Waals surface area contributed by atoms with Crippen LogP contribution in [-0.4, -0.2) is 16.2 Å². The first-order valence-corrected chi connectivity index (χ1v) is 6.71. The molecule has 3 nitrogen and oxygen atoms in total. The first-order valence-electron chi connectivity index (χ1n) is 6.31. The van der Waals surface area contributed by atoms with Crippen LogP contribution in [0.3, 0.4) is 0 Å². The zero-order chi connectivity index (χ0) is 13.1.